The highest BCUT2D eigenvalue weighted by atomic mass is 32.1. The van der Waals surface area contributed by atoms with E-state index in [0.717, 1.165) is 22.9 Å². The Morgan fingerprint density at radius 2 is 1.89 bits per heavy atom. The molecule has 2 aromatic heterocycles. The Kier molecular flexibility index (Phi) is 3.37. The van der Waals surface area contributed by atoms with E-state index in [2.05, 4.69) is 22.4 Å². The van der Waals surface area contributed by atoms with E-state index < -0.39 is 0 Å². The number of aryl methyl sites for hydroxylation is 2. The van der Waals surface area contributed by atoms with E-state index in [9.17, 15) is 0 Å². The molecule has 4 heteroatoms. The number of aromatic nitrogens is 2. The topological polar surface area (TPSA) is 37.8 Å². The molecule has 0 spiro atoms. The van der Waals surface area contributed by atoms with Gasteiger partial charge in [-0.3, -0.25) is 4.98 Å². The van der Waals surface area contributed by atoms with Crippen LogP contribution in [0.4, 0.5) is 0 Å². The first-order valence-electron chi connectivity index (χ1n) is 6.77. The Labute approximate surface area is 118 Å². The normalized spacial score (nSPS) is 14.9. The van der Waals surface area contributed by atoms with Gasteiger partial charge in [0.15, 0.2) is 0 Å². The second-order valence-corrected chi connectivity index (χ2v) is 6.35. The van der Waals surface area contributed by atoms with E-state index in [0.29, 0.717) is 5.92 Å². The van der Waals surface area contributed by atoms with E-state index in [-0.39, 0.29) is 0 Å². The number of hydrogen-bond donors (Lipinski definition) is 1. The lowest BCUT2D eigenvalue weighted by Gasteiger charge is -2.00. The molecule has 3 rings (SSSR count). The monoisotopic (exact) mass is 273 g/mol. The van der Waals surface area contributed by atoms with Gasteiger partial charge in [0.05, 0.1) is 5.69 Å². The van der Waals surface area contributed by atoms with Crippen LogP contribution in [-0.2, 0) is 6.54 Å². The standard InChI is InChI=1S/C15H19N3S/c1-9-6-12(7-10(2)17-9)15-18-14(11-4-5-11)13(19-15)8-16-3/h6-7,11,16H,4-5,8H2,1-3H3. The third kappa shape index (κ3) is 2.69. The largest absolute Gasteiger partial charge is 0.315 e. The molecule has 0 unspecified atom stereocenters. The summed E-state index contributed by atoms with van der Waals surface area (Å²) in [4.78, 5) is 10.7. The highest BCUT2D eigenvalue weighted by Gasteiger charge is 2.29. The van der Waals surface area contributed by atoms with Crippen molar-refractivity contribution in [3.05, 3.63) is 34.1 Å². The Hall–Kier alpha value is -1.26. The molecule has 1 aliphatic carbocycles. The van der Waals surface area contributed by atoms with E-state index in [1.807, 2.05) is 32.2 Å². The van der Waals surface area contributed by atoms with Gasteiger partial charge >= 0.3 is 0 Å². The zero-order chi connectivity index (χ0) is 13.4. The van der Waals surface area contributed by atoms with Crippen LogP contribution in [0.15, 0.2) is 12.1 Å². The first-order chi connectivity index (χ1) is 9.17. The molecule has 0 saturated heterocycles. The quantitative estimate of drug-likeness (QED) is 0.927. The summed E-state index contributed by atoms with van der Waals surface area (Å²) >= 11 is 1.82. The maximum atomic E-state index is 4.89. The lowest BCUT2D eigenvalue weighted by atomic mass is 10.2. The fraction of sp³-hybridized carbons (Fsp3) is 0.467. The fourth-order valence-corrected chi connectivity index (χ4v) is 3.55. The Morgan fingerprint density at radius 3 is 2.47 bits per heavy atom. The van der Waals surface area contributed by atoms with Crippen molar-refractivity contribution < 1.29 is 0 Å². The lowest BCUT2D eigenvalue weighted by molar-refractivity contribution is 0.813. The molecule has 0 aromatic carbocycles. The molecule has 1 aliphatic rings. The molecule has 100 valence electrons. The molecule has 0 radical (unpaired) electrons. The average Bonchev–Trinajstić information content (AvgIpc) is 3.10. The summed E-state index contributed by atoms with van der Waals surface area (Å²) in [6, 6.07) is 4.26. The highest BCUT2D eigenvalue weighted by Crippen LogP contribution is 2.44. The van der Waals surface area contributed by atoms with Crippen molar-refractivity contribution in [2.24, 2.45) is 0 Å². The summed E-state index contributed by atoms with van der Waals surface area (Å²) in [5, 5.41) is 4.39. The fourth-order valence-electron chi connectivity index (χ4n) is 2.41. The zero-order valence-electron chi connectivity index (χ0n) is 11.7. The zero-order valence-corrected chi connectivity index (χ0v) is 12.5. The van der Waals surface area contributed by atoms with Gasteiger partial charge in [-0.2, -0.15) is 0 Å². The van der Waals surface area contributed by atoms with Gasteiger partial charge < -0.3 is 5.32 Å². The van der Waals surface area contributed by atoms with E-state index >= 15 is 0 Å². The van der Waals surface area contributed by atoms with Crippen LogP contribution in [0.5, 0.6) is 0 Å². The molecule has 1 fully saturated rings. The summed E-state index contributed by atoms with van der Waals surface area (Å²) in [7, 11) is 2.00. The van der Waals surface area contributed by atoms with Crippen molar-refractivity contribution in [3.8, 4) is 10.6 Å². The van der Waals surface area contributed by atoms with Gasteiger partial charge in [0.2, 0.25) is 0 Å². The Balaban J connectivity index is 2.02. The summed E-state index contributed by atoms with van der Waals surface area (Å²) in [6.07, 6.45) is 2.60. The number of hydrogen-bond acceptors (Lipinski definition) is 4. The Morgan fingerprint density at radius 1 is 1.21 bits per heavy atom. The molecule has 0 bridgehead atoms. The molecule has 3 nitrogen and oxygen atoms in total. The van der Waals surface area contributed by atoms with Crippen LogP contribution >= 0.6 is 11.3 Å². The molecule has 0 amide bonds. The summed E-state index contributed by atoms with van der Waals surface area (Å²) < 4.78 is 0. The average molecular weight is 273 g/mol. The van der Waals surface area contributed by atoms with Crippen molar-refractivity contribution in [1.82, 2.24) is 15.3 Å². The van der Waals surface area contributed by atoms with Gasteiger partial charge in [0.1, 0.15) is 5.01 Å². The predicted octanol–water partition coefficient (Wildman–Crippen LogP) is 3.42. The first-order valence-corrected chi connectivity index (χ1v) is 7.59. The molecule has 2 aromatic rings. The lowest BCUT2D eigenvalue weighted by Crippen LogP contribution is -2.05. The number of nitrogens with zero attached hydrogens (tertiary/aromatic N) is 2. The second kappa shape index (κ2) is 5.02. The maximum absolute atomic E-state index is 4.89. The summed E-state index contributed by atoms with van der Waals surface area (Å²) in [5.41, 5.74) is 4.65. The highest BCUT2D eigenvalue weighted by molar-refractivity contribution is 7.15. The maximum Gasteiger partial charge on any atom is 0.124 e. The van der Waals surface area contributed by atoms with Gasteiger partial charge in [0, 0.05) is 34.3 Å². The van der Waals surface area contributed by atoms with Crippen molar-refractivity contribution in [2.75, 3.05) is 7.05 Å². The molecule has 1 saturated carbocycles. The van der Waals surface area contributed by atoms with Crippen molar-refractivity contribution in [3.63, 3.8) is 0 Å². The van der Waals surface area contributed by atoms with Crippen LogP contribution in [0.25, 0.3) is 10.6 Å². The summed E-state index contributed by atoms with van der Waals surface area (Å²) in [5.74, 6) is 0.706. The van der Waals surface area contributed by atoms with Crippen LogP contribution < -0.4 is 5.32 Å². The molecule has 0 aliphatic heterocycles. The Bertz CT molecular complexity index is 579. The number of thiazole rings is 1. The first kappa shape index (κ1) is 12.8. The molecule has 19 heavy (non-hydrogen) atoms. The van der Waals surface area contributed by atoms with Gasteiger partial charge in [0.25, 0.3) is 0 Å². The number of rotatable bonds is 4. The van der Waals surface area contributed by atoms with E-state index in [4.69, 9.17) is 4.98 Å². The van der Waals surface area contributed by atoms with E-state index in [1.165, 1.54) is 29.0 Å². The molecule has 0 atom stereocenters. The minimum absolute atomic E-state index is 0.706. The van der Waals surface area contributed by atoms with Gasteiger partial charge in [-0.1, -0.05) is 0 Å². The second-order valence-electron chi connectivity index (χ2n) is 5.27. The molecule has 1 N–H and O–H groups in total. The van der Waals surface area contributed by atoms with Gasteiger partial charge in [-0.25, -0.2) is 4.98 Å². The molecular formula is C15H19N3S. The molecular weight excluding hydrogens is 254 g/mol. The third-order valence-corrected chi connectivity index (χ3v) is 4.48. The third-order valence-electron chi connectivity index (χ3n) is 3.36. The van der Waals surface area contributed by atoms with Crippen molar-refractivity contribution in [1.29, 1.82) is 0 Å². The van der Waals surface area contributed by atoms with Crippen LogP contribution in [0.2, 0.25) is 0 Å². The van der Waals surface area contributed by atoms with E-state index in [1.54, 1.807) is 0 Å². The van der Waals surface area contributed by atoms with Crippen molar-refractivity contribution >= 4 is 11.3 Å². The SMILES string of the molecule is CNCc1sc(-c2cc(C)nc(C)c2)nc1C1CC1. The van der Waals surface area contributed by atoms with Crippen LogP contribution in [0, 0.1) is 13.8 Å². The van der Waals surface area contributed by atoms with Crippen molar-refractivity contribution in [2.45, 2.75) is 39.2 Å². The smallest absolute Gasteiger partial charge is 0.124 e. The van der Waals surface area contributed by atoms with Crippen LogP contribution in [-0.4, -0.2) is 17.0 Å². The number of nitrogens with one attached hydrogen (secondary N) is 1. The minimum atomic E-state index is 0.706. The molecule has 2 heterocycles. The van der Waals surface area contributed by atoms with Crippen LogP contribution in [0.3, 0.4) is 0 Å². The summed E-state index contributed by atoms with van der Waals surface area (Å²) in [6.45, 7) is 5.01. The number of pyridine rings is 1. The minimum Gasteiger partial charge on any atom is -0.315 e. The van der Waals surface area contributed by atoms with Gasteiger partial charge in [-0.15, -0.1) is 11.3 Å². The van der Waals surface area contributed by atoms with Gasteiger partial charge in [-0.05, 0) is 45.9 Å². The predicted molar refractivity (Wildman–Crippen MR) is 79.6 cm³/mol. The van der Waals surface area contributed by atoms with Crippen LogP contribution in [0.1, 0.15) is 40.7 Å².